The Labute approximate surface area is 139 Å². The number of guanidine groups is 1. The van der Waals surface area contributed by atoms with Crippen molar-refractivity contribution < 1.29 is 4.92 Å². The maximum absolute atomic E-state index is 10.8. The van der Waals surface area contributed by atoms with Gasteiger partial charge in [0.1, 0.15) is 0 Å². The summed E-state index contributed by atoms with van der Waals surface area (Å²) in [7, 11) is 0. The highest BCUT2D eigenvalue weighted by atomic mass is 32.1. The van der Waals surface area contributed by atoms with Crippen LogP contribution in [0.5, 0.6) is 0 Å². The Bertz CT molecular complexity index is 697. The number of hydrogen-bond acceptors (Lipinski definition) is 4. The Balaban J connectivity index is 2.02. The zero-order valence-corrected chi connectivity index (χ0v) is 14.0. The van der Waals surface area contributed by atoms with Crippen LogP contribution in [0.2, 0.25) is 0 Å². The fourth-order valence-electron chi connectivity index (χ4n) is 2.03. The van der Waals surface area contributed by atoms with Crippen LogP contribution in [-0.4, -0.2) is 17.4 Å². The molecule has 23 heavy (non-hydrogen) atoms. The molecule has 0 aliphatic heterocycles. The number of nitrogens with one attached hydrogen (secondary N) is 2. The van der Waals surface area contributed by atoms with Crippen LogP contribution in [0.1, 0.15) is 22.9 Å². The number of aryl methyl sites for hydroxylation is 1. The second-order valence-electron chi connectivity index (χ2n) is 5.00. The van der Waals surface area contributed by atoms with E-state index in [0.29, 0.717) is 19.0 Å². The minimum Gasteiger partial charge on any atom is -0.357 e. The molecule has 1 aromatic heterocycles. The van der Waals surface area contributed by atoms with Gasteiger partial charge in [0.05, 0.1) is 18.0 Å². The van der Waals surface area contributed by atoms with Crippen molar-refractivity contribution in [2.45, 2.75) is 26.9 Å². The average Bonchev–Trinajstić information content (AvgIpc) is 2.95. The molecule has 1 heterocycles. The van der Waals surface area contributed by atoms with E-state index in [1.165, 1.54) is 16.5 Å². The molecule has 1 aromatic carbocycles. The summed E-state index contributed by atoms with van der Waals surface area (Å²) < 4.78 is 0. The summed E-state index contributed by atoms with van der Waals surface area (Å²) in [6.07, 6.45) is 0. The van der Waals surface area contributed by atoms with Gasteiger partial charge in [-0.1, -0.05) is 12.1 Å². The van der Waals surface area contributed by atoms with E-state index in [-0.39, 0.29) is 5.69 Å². The lowest BCUT2D eigenvalue weighted by Gasteiger charge is -2.11. The molecule has 0 unspecified atom stereocenters. The molecule has 2 rings (SSSR count). The molecule has 0 bridgehead atoms. The molecule has 0 aliphatic rings. The summed E-state index contributed by atoms with van der Waals surface area (Å²) in [6.45, 7) is 5.94. The van der Waals surface area contributed by atoms with Gasteiger partial charge in [-0.3, -0.25) is 10.1 Å². The minimum atomic E-state index is -0.393. The van der Waals surface area contributed by atoms with E-state index < -0.39 is 4.92 Å². The van der Waals surface area contributed by atoms with E-state index in [9.17, 15) is 10.1 Å². The minimum absolute atomic E-state index is 0.0878. The molecular formula is C16H20N4O2S. The van der Waals surface area contributed by atoms with Crippen molar-refractivity contribution in [1.29, 1.82) is 0 Å². The van der Waals surface area contributed by atoms with Crippen LogP contribution >= 0.6 is 11.3 Å². The number of nitro groups is 1. The first kappa shape index (κ1) is 17.0. The topological polar surface area (TPSA) is 79.6 Å². The van der Waals surface area contributed by atoms with Crippen LogP contribution in [0.3, 0.4) is 0 Å². The van der Waals surface area contributed by atoms with Crippen molar-refractivity contribution in [1.82, 2.24) is 10.6 Å². The van der Waals surface area contributed by atoms with E-state index in [1.807, 2.05) is 13.0 Å². The van der Waals surface area contributed by atoms with Gasteiger partial charge in [0.2, 0.25) is 0 Å². The fraction of sp³-hybridized carbons (Fsp3) is 0.312. The Morgan fingerprint density at radius 2 is 2.17 bits per heavy atom. The molecule has 6 nitrogen and oxygen atoms in total. The molecule has 0 spiro atoms. The predicted molar refractivity (Wildman–Crippen MR) is 93.8 cm³/mol. The summed E-state index contributed by atoms with van der Waals surface area (Å²) in [5, 5.41) is 19.3. The van der Waals surface area contributed by atoms with Crippen LogP contribution in [0.25, 0.3) is 0 Å². The van der Waals surface area contributed by atoms with Crippen molar-refractivity contribution in [3.63, 3.8) is 0 Å². The maximum Gasteiger partial charge on any atom is 0.269 e. The van der Waals surface area contributed by atoms with Crippen LogP contribution < -0.4 is 10.6 Å². The molecule has 2 aromatic rings. The van der Waals surface area contributed by atoms with Gasteiger partial charge in [0.25, 0.3) is 5.69 Å². The largest absolute Gasteiger partial charge is 0.357 e. The molecule has 0 saturated carbocycles. The third kappa shape index (κ3) is 5.07. The number of aliphatic imine (C=N–C) groups is 1. The molecule has 0 fully saturated rings. The van der Waals surface area contributed by atoms with Gasteiger partial charge < -0.3 is 10.6 Å². The Hall–Kier alpha value is -2.41. The van der Waals surface area contributed by atoms with E-state index in [1.54, 1.807) is 23.5 Å². The third-order valence-corrected chi connectivity index (χ3v) is 4.29. The second kappa shape index (κ2) is 8.28. The number of hydrogen-bond donors (Lipinski definition) is 2. The maximum atomic E-state index is 10.8. The zero-order chi connectivity index (χ0) is 16.7. The number of benzene rings is 1. The van der Waals surface area contributed by atoms with Gasteiger partial charge in [0.15, 0.2) is 5.96 Å². The van der Waals surface area contributed by atoms with Crippen molar-refractivity contribution >= 4 is 23.0 Å². The van der Waals surface area contributed by atoms with Gasteiger partial charge in [-0.15, -0.1) is 11.3 Å². The highest BCUT2D eigenvalue weighted by Crippen LogP contribution is 2.15. The van der Waals surface area contributed by atoms with Crippen molar-refractivity contribution in [2.24, 2.45) is 4.99 Å². The van der Waals surface area contributed by atoms with E-state index in [4.69, 9.17) is 0 Å². The molecule has 7 heteroatoms. The van der Waals surface area contributed by atoms with Gasteiger partial charge in [-0.25, -0.2) is 4.99 Å². The standard InChI is InChI=1S/C16H20N4O2S/c1-3-17-16(19-11-15-12(2)7-8-23-15)18-10-13-5-4-6-14(9-13)20(21)22/h4-9H,3,10-11H2,1-2H3,(H2,17,18,19). The Morgan fingerprint density at radius 1 is 1.35 bits per heavy atom. The third-order valence-electron chi connectivity index (χ3n) is 3.27. The smallest absolute Gasteiger partial charge is 0.269 e. The summed E-state index contributed by atoms with van der Waals surface area (Å²) in [6, 6.07) is 8.64. The summed E-state index contributed by atoms with van der Waals surface area (Å²) in [4.78, 5) is 16.2. The number of nitrogens with zero attached hydrogens (tertiary/aromatic N) is 2. The van der Waals surface area contributed by atoms with E-state index in [2.05, 4.69) is 34.0 Å². The number of nitro benzene ring substituents is 1. The van der Waals surface area contributed by atoms with Crippen LogP contribution in [0.15, 0.2) is 40.7 Å². The molecule has 122 valence electrons. The van der Waals surface area contributed by atoms with Gasteiger partial charge in [-0.05, 0) is 36.4 Å². The predicted octanol–water partition coefficient (Wildman–Crippen LogP) is 3.22. The first-order valence-corrected chi connectivity index (χ1v) is 8.26. The Kier molecular flexibility index (Phi) is 6.10. The first-order chi connectivity index (χ1) is 11.1. The fourth-order valence-corrected chi connectivity index (χ4v) is 2.88. The zero-order valence-electron chi connectivity index (χ0n) is 13.2. The molecule has 0 amide bonds. The Morgan fingerprint density at radius 3 is 2.83 bits per heavy atom. The van der Waals surface area contributed by atoms with Crippen molar-refractivity contribution in [2.75, 3.05) is 6.54 Å². The number of non-ortho nitro benzene ring substituents is 1. The van der Waals surface area contributed by atoms with Crippen LogP contribution in [0, 0.1) is 17.0 Å². The quantitative estimate of drug-likeness (QED) is 0.368. The number of thiophene rings is 1. The first-order valence-electron chi connectivity index (χ1n) is 7.38. The van der Waals surface area contributed by atoms with Crippen molar-refractivity contribution in [3.8, 4) is 0 Å². The monoisotopic (exact) mass is 332 g/mol. The summed E-state index contributed by atoms with van der Waals surface area (Å²) in [5.41, 5.74) is 2.16. The number of rotatable bonds is 6. The lowest BCUT2D eigenvalue weighted by molar-refractivity contribution is -0.384. The van der Waals surface area contributed by atoms with Gasteiger partial charge in [-0.2, -0.15) is 0 Å². The van der Waals surface area contributed by atoms with Crippen LogP contribution in [-0.2, 0) is 13.1 Å². The molecule has 0 radical (unpaired) electrons. The second-order valence-corrected chi connectivity index (χ2v) is 6.00. The SMILES string of the molecule is CCNC(=NCc1cccc([N+](=O)[O-])c1)NCc1sccc1C. The molecule has 0 atom stereocenters. The van der Waals surface area contributed by atoms with Gasteiger partial charge >= 0.3 is 0 Å². The molecular weight excluding hydrogens is 312 g/mol. The average molecular weight is 332 g/mol. The van der Waals surface area contributed by atoms with Gasteiger partial charge in [0, 0.05) is 23.6 Å². The summed E-state index contributed by atoms with van der Waals surface area (Å²) >= 11 is 1.71. The molecule has 0 saturated heterocycles. The summed E-state index contributed by atoms with van der Waals surface area (Å²) in [5.74, 6) is 0.701. The normalized spacial score (nSPS) is 11.3. The van der Waals surface area contributed by atoms with Crippen molar-refractivity contribution in [3.05, 3.63) is 61.8 Å². The van der Waals surface area contributed by atoms with E-state index >= 15 is 0 Å². The highest BCUT2D eigenvalue weighted by molar-refractivity contribution is 7.10. The van der Waals surface area contributed by atoms with Crippen LogP contribution in [0.4, 0.5) is 5.69 Å². The molecule has 0 aliphatic carbocycles. The van der Waals surface area contributed by atoms with E-state index in [0.717, 1.165) is 12.1 Å². The highest BCUT2D eigenvalue weighted by Gasteiger charge is 2.06. The lowest BCUT2D eigenvalue weighted by Crippen LogP contribution is -2.36. The lowest BCUT2D eigenvalue weighted by atomic mass is 10.2. The molecule has 2 N–H and O–H groups in total.